The van der Waals surface area contributed by atoms with Gasteiger partial charge in [0.1, 0.15) is 11.8 Å². The van der Waals surface area contributed by atoms with Crippen molar-refractivity contribution in [1.29, 1.82) is 5.26 Å². The molecule has 6 heteroatoms. The summed E-state index contributed by atoms with van der Waals surface area (Å²) in [6.45, 7) is 10.8. The van der Waals surface area contributed by atoms with Crippen molar-refractivity contribution in [2.45, 2.75) is 27.2 Å². The molecule has 0 saturated heterocycles. The summed E-state index contributed by atoms with van der Waals surface area (Å²) in [6, 6.07) is 9.84. The third-order valence-corrected chi connectivity index (χ3v) is 4.19. The van der Waals surface area contributed by atoms with Gasteiger partial charge < -0.3 is 19.4 Å². The fourth-order valence-corrected chi connectivity index (χ4v) is 2.66. The van der Waals surface area contributed by atoms with E-state index in [4.69, 9.17) is 9.15 Å². The van der Waals surface area contributed by atoms with E-state index in [0.29, 0.717) is 18.4 Å². The lowest BCUT2D eigenvalue weighted by Gasteiger charge is -2.17. The van der Waals surface area contributed by atoms with Gasteiger partial charge in [-0.3, -0.25) is 0 Å². The molecule has 0 spiro atoms. The summed E-state index contributed by atoms with van der Waals surface area (Å²) in [5.74, 6) is 1.68. The summed E-state index contributed by atoms with van der Waals surface area (Å²) in [4.78, 5) is 6.58. The summed E-state index contributed by atoms with van der Waals surface area (Å²) in [5.41, 5.74) is 1.29. The van der Waals surface area contributed by atoms with Crippen molar-refractivity contribution in [2.24, 2.45) is 0 Å². The molecule has 0 aliphatic heterocycles. The predicted octanol–water partition coefficient (Wildman–Crippen LogP) is 4.26. The number of hydrogen-bond acceptors (Lipinski definition) is 6. The molecule has 6 nitrogen and oxygen atoms in total. The lowest BCUT2D eigenvalue weighted by Crippen LogP contribution is -2.25. The number of nitrogens with zero attached hydrogens (tertiary/aromatic N) is 3. The molecular formula is C21H28N4O2. The van der Waals surface area contributed by atoms with E-state index in [1.54, 1.807) is 6.08 Å². The van der Waals surface area contributed by atoms with Crippen LogP contribution in [0.4, 0.5) is 5.88 Å². The molecule has 1 aromatic carbocycles. The summed E-state index contributed by atoms with van der Waals surface area (Å²) in [7, 11) is 0. The van der Waals surface area contributed by atoms with Gasteiger partial charge >= 0.3 is 0 Å². The zero-order valence-electron chi connectivity index (χ0n) is 16.4. The molecule has 0 aliphatic rings. The standard InChI is InChI=1S/C21H28N4O2/c1-4-25(5-2)15-7-14-23-21-19(16-22)24-20(27-21)13-10-17-8-11-18(12-9-17)26-6-3/h8-13,23H,4-7,14-15H2,1-3H3/b13-10+. The van der Waals surface area contributed by atoms with Gasteiger partial charge in [-0.2, -0.15) is 10.2 Å². The van der Waals surface area contributed by atoms with Gasteiger partial charge in [0.25, 0.3) is 0 Å². The lowest BCUT2D eigenvalue weighted by molar-refractivity contribution is 0.302. The molecule has 0 aliphatic carbocycles. The summed E-state index contributed by atoms with van der Waals surface area (Å²) in [6.07, 6.45) is 4.63. The summed E-state index contributed by atoms with van der Waals surface area (Å²) < 4.78 is 11.1. The van der Waals surface area contributed by atoms with Crippen molar-refractivity contribution in [3.63, 3.8) is 0 Å². The smallest absolute Gasteiger partial charge is 0.232 e. The molecule has 2 aromatic rings. The second-order valence-corrected chi connectivity index (χ2v) is 5.98. The molecule has 0 saturated carbocycles. The van der Waals surface area contributed by atoms with Crippen LogP contribution in [0.3, 0.4) is 0 Å². The highest BCUT2D eigenvalue weighted by Gasteiger charge is 2.11. The van der Waals surface area contributed by atoms with Crippen LogP contribution in [0.1, 0.15) is 44.3 Å². The van der Waals surface area contributed by atoms with Crippen LogP contribution < -0.4 is 10.1 Å². The molecule has 144 valence electrons. The largest absolute Gasteiger partial charge is 0.494 e. The first-order chi connectivity index (χ1) is 13.2. The molecular weight excluding hydrogens is 340 g/mol. The van der Waals surface area contributed by atoms with Gasteiger partial charge in [0.05, 0.1) is 6.61 Å². The third-order valence-electron chi connectivity index (χ3n) is 4.19. The lowest BCUT2D eigenvalue weighted by atomic mass is 10.2. The molecule has 0 amide bonds. The fourth-order valence-electron chi connectivity index (χ4n) is 2.66. The molecule has 1 N–H and O–H groups in total. The number of nitriles is 1. The van der Waals surface area contributed by atoms with Gasteiger partial charge in [0.2, 0.25) is 17.5 Å². The second kappa shape index (κ2) is 11.0. The Labute approximate surface area is 161 Å². The number of rotatable bonds is 11. The Bertz CT molecular complexity index is 755. The van der Waals surface area contributed by atoms with Crippen LogP contribution in [-0.4, -0.2) is 42.7 Å². The maximum absolute atomic E-state index is 9.26. The highest BCUT2D eigenvalue weighted by atomic mass is 16.5. The van der Waals surface area contributed by atoms with E-state index in [1.165, 1.54) is 0 Å². The molecule has 1 heterocycles. The second-order valence-electron chi connectivity index (χ2n) is 5.98. The highest BCUT2D eigenvalue weighted by molar-refractivity contribution is 5.67. The number of ether oxygens (including phenoxy) is 1. The quantitative estimate of drug-likeness (QED) is 0.597. The normalized spacial score (nSPS) is 11.1. The van der Waals surface area contributed by atoms with Crippen LogP contribution in [0.2, 0.25) is 0 Å². The van der Waals surface area contributed by atoms with Crippen LogP contribution in [0, 0.1) is 11.3 Å². The maximum atomic E-state index is 9.26. The van der Waals surface area contributed by atoms with Crippen molar-refractivity contribution >= 4 is 18.0 Å². The molecule has 0 radical (unpaired) electrons. The fraction of sp³-hybridized carbons (Fsp3) is 0.429. The monoisotopic (exact) mass is 368 g/mol. The SMILES string of the molecule is CCOc1ccc(/C=C/c2nc(C#N)c(NCCCN(CC)CC)o2)cc1. The van der Waals surface area contributed by atoms with E-state index < -0.39 is 0 Å². The number of aromatic nitrogens is 1. The first-order valence-electron chi connectivity index (χ1n) is 9.48. The first-order valence-corrected chi connectivity index (χ1v) is 9.48. The first kappa shape index (κ1) is 20.5. The molecule has 0 unspecified atom stereocenters. The van der Waals surface area contributed by atoms with Crippen molar-refractivity contribution in [3.05, 3.63) is 41.4 Å². The van der Waals surface area contributed by atoms with Gasteiger partial charge in [0.15, 0.2) is 0 Å². The van der Waals surface area contributed by atoms with Crippen LogP contribution in [0.15, 0.2) is 28.7 Å². The molecule has 0 atom stereocenters. The molecule has 1 aromatic heterocycles. The molecule has 0 fully saturated rings. The van der Waals surface area contributed by atoms with Crippen molar-refractivity contribution in [3.8, 4) is 11.8 Å². The Hall–Kier alpha value is -2.78. The van der Waals surface area contributed by atoms with Crippen LogP contribution in [-0.2, 0) is 0 Å². The van der Waals surface area contributed by atoms with E-state index in [0.717, 1.165) is 43.9 Å². The Kier molecular flexibility index (Phi) is 8.40. The van der Waals surface area contributed by atoms with Gasteiger partial charge in [-0.1, -0.05) is 26.0 Å². The Morgan fingerprint density at radius 3 is 2.56 bits per heavy atom. The number of anilines is 1. The Balaban J connectivity index is 1.93. The van der Waals surface area contributed by atoms with Crippen LogP contribution in [0.5, 0.6) is 5.75 Å². The van der Waals surface area contributed by atoms with Crippen molar-refractivity contribution in [2.75, 3.05) is 38.1 Å². The topological polar surface area (TPSA) is 74.3 Å². The maximum Gasteiger partial charge on any atom is 0.232 e. The number of nitrogens with one attached hydrogen (secondary N) is 1. The van der Waals surface area contributed by atoms with Crippen LogP contribution >= 0.6 is 0 Å². The minimum absolute atomic E-state index is 0.282. The number of oxazole rings is 1. The Morgan fingerprint density at radius 1 is 1.19 bits per heavy atom. The molecule has 27 heavy (non-hydrogen) atoms. The molecule has 2 rings (SSSR count). The highest BCUT2D eigenvalue weighted by Crippen LogP contribution is 2.19. The minimum Gasteiger partial charge on any atom is -0.494 e. The number of benzene rings is 1. The van der Waals surface area contributed by atoms with E-state index in [9.17, 15) is 5.26 Å². The Morgan fingerprint density at radius 2 is 1.93 bits per heavy atom. The average Bonchev–Trinajstić information content (AvgIpc) is 3.10. The van der Waals surface area contributed by atoms with Gasteiger partial charge in [0, 0.05) is 12.6 Å². The summed E-state index contributed by atoms with van der Waals surface area (Å²) in [5, 5.41) is 12.4. The predicted molar refractivity (Wildman–Crippen MR) is 109 cm³/mol. The van der Waals surface area contributed by atoms with Crippen LogP contribution in [0.25, 0.3) is 12.2 Å². The van der Waals surface area contributed by atoms with E-state index in [1.807, 2.05) is 37.3 Å². The zero-order chi connectivity index (χ0) is 19.5. The molecule has 0 bridgehead atoms. The van der Waals surface area contributed by atoms with Gasteiger partial charge in [-0.15, -0.1) is 0 Å². The van der Waals surface area contributed by atoms with Crippen molar-refractivity contribution in [1.82, 2.24) is 9.88 Å². The van der Waals surface area contributed by atoms with E-state index in [-0.39, 0.29) is 5.69 Å². The number of hydrogen-bond donors (Lipinski definition) is 1. The van der Waals surface area contributed by atoms with E-state index in [2.05, 4.69) is 35.1 Å². The minimum atomic E-state index is 0.282. The average molecular weight is 368 g/mol. The van der Waals surface area contributed by atoms with Crippen molar-refractivity contribution < 1.29 is 9.15 Å². The third kappa shape index (κ3) is 6.46. The van der Waals surface area contributed by atoms with E-state index >= 15 is 0 Å². The van der Waals surface area contributed by atoms with Gasteiger partial charge in [-0.05, 0) is 56.8 Å². The summed E-state index contributed by atoms with van der Waals surface area (Å²) >= 11 is 0. The van der Waals surface area contributed by atoms with Gasteiger partial charge in [-0.25, -0.2) is 0 Å². The zero-order valence-corrected chi connectivity index (χ0v) is 16.4.